The maximum absolute atomic E-state index is 9.71. The molecule has 6 aromatic rings. The third-order valence-electron chi connectivity index (χ3n) is 10.4. The molecule has 0 aliphatic carbocycles. The van der Waals surface area contributed by atoms with Gasteiger partial charge in [-0.2, -0.15) is 0 Å². The number of rotatable bonds is 12. The topological polar surface area (TPSA) is 299 Å². The van der Waals surface area contributed by atoms with Crippen LogP contribution in [0.15, 0.2) is 98.4 Å². The Morgan fingerprint density at radius 1 is 0.473 bits per heavy atom. The van der Waals surface area contributed by atoms with Gasteiger partial charge >= 0.3 is 0 Å². The van der Waals surface area contributed by atoms with Crippen molar-refractivity contribution in [1.82, 2.24) is 16.0 Å². The highest BCUT2D eigenvalue weighted by atomic mass is 79.9. The average Bonchev–Trinajstić information content (AvgIpc) is 3.35. The minimum Gasteiger partial charge on any atom is -0.508 e. The molecular formula is C51H47Br3ClN3O13S3. The van der Waals surface area contributed by atoms with Gasteiger partial charge in [-0.1, -0.05) is 66.5 Å². The molecule has 0 spiro atoms. The van der Waals surface area contributed by atoms with Crippen LogP contribution in [-0.2, 0) is 13.1 Å². The largest absolute Gasteiger partial charge is 0.508 e. The van der Waals surface area contributed by atoms with E-state index >= 15 is 0 Å². The Balaban J connectivity index is 0.000000240. The van der Waals surface area contributed by atoms with E-state index in [1.807, 2.05) is 0 Å². The summed E-state index contributed by atoms with van der Waals surface area (Å²) in [5, 5.41) is 134. The van der Waals surface area contributed by atoms with E-state index in [4.69, 9.17) is 48.3 Å². The first kappa shape index (κ1) is 59.9. The normalized spacial score (nSPS) is 11.4. The lowest BCUT2D eigenvalue weighted by Crippen LogP contribution is -2.23. The molecule has 6 rings (SSSR count). The lowest BCUT2D eigenvalue weighted by Gasteiger charge is -2.16. The summed E-state index contributed by atoms with van der Waals surface area (Å²) >= 11 is 31.2. The molecule has 0 heterocycles. The average molecular weight is 1280 g/mol. The lowest BCUT2D eigenvalue weighted by molar-refractivity contribution is 0.366. The van der Waals surface area contributed by atoms with Crippen molar-refractivity contribution in [2.75, 3.05) is 0 Å². The van der Waals surface area contributed by atoms with Crippen LogP contribution in [-0.4, -0.2) is 81.4 Å². The van der Waals surface area contributed by atoms with Crippen LogP contribution in [0.3, 0.4) is 0 Å². The quantitative estimate of drug-likeness (QED) is 0.0308. The molecule has 6 aromatic carbocycles. The van der Waals surface area contributed by atoms with Crippen molar-refractivity contribution in [3.8, 4) is 74.7 Å². The molecule has 0 aromatic heterocycles. The van der Waals surface area contributed by atoms with Crippen LogP contribution in [0, 0.1) is 13.8 Å². The van der Waals surface area contributed by atoms with E-state index in [2.05, 4.69) is 63.7 Å². The van der Waals surface area contributed by atoms with Crippen LogP contribution in [0.5, 0.6) is 74.7 Å². The van der Waals surface area contributed by atoms with Crippen molar-refractivity contribution >= 4 is 129 Å². The number of phenols is 13. The van der Waals surface area contributed by atoms with E-state index < -0.39 is 17.2 Å². The summed E-state index contributed by atoms with van der Waals surface area (Å²) in [6.07, 6.45) is 9.74. The molecule has 0 amide bonds. The molecule has 1 unspecified atom stereocenters. The third kappa shape index (κ3) is 16.4. The van der Waals surface area contributed by atoms with Crippen molar-refractivity contribution in [1.29, 1.82) is 0 Å². The molecule has 0 saturated carbocycles. The SMILES string of the molecule is CC(NC(=S)/C=C/c1ccc(O)c(O)c1Br)c1cc(O)c(O)c(O)c1.Cc1c(O)cc(CNC(=S)/C=C/c2cc(O)c(O)c(Br)c2Br)cc1O.Cc1c(O)cc(CNC(=S)/C=C/c2ccc(O)c(O)c2Cl)cc1O. The van der Waals surface area contributed by atoms with Gasteiger partial charge in [0, 0.05) is 34.7 Å². The van der Waals surface area contributed by atoms with E-state index in [0.29, 0.717) is 86.0 Å². The zero-order valence-electron chi connectivity index (χ0n) is 38.9. The summed E-state index contributed by atoms with van der Waals surface area (Å²) < 4.78 is 1.26. The number of benzene rings is 6. The Morgan fingerprint density at radius 3 is 1.35 bits per heavy atom. The number of thiocarbonyl (C=S) groups is 3. The second kappa shape index (κ2) is 27.0. The first-order valence-corrected chi connectivity index (χ1v) is 25.2. The van der Waals surface area contributed by atoms with Crippen molar-refractivity contribution < 1.29 is 66.4 Å². The van der Waals surface area contributed by atoms with Crippen LogP contribution >= 0.6 is 96.0 Å². The van der Waals surface area contributed by atoms with E-state index in [1.165, 1.54) is 30.3 Å². The Bertz CT molecular complexity index is 3140. The maximum Gasteiger partial charge on any atom is 0.200 e. The predicted octanol–water partition coefficient (Wildman–Crippen LogP) is 11.7. The lowest BCUT2D eigenvalue weighted by atomic mass is 10.1. The molecule has 0 aliphatic rings. The number of halogens is 4. The standard InChI is InChI=1S/C17H15Br2NO4S.C17H16BrNO5S.C17H16ClNO4S/c1-8-11(21)4-9(5-12(8)22)7-20-14(25)3-2-10-6-13(23)17(24)16(19)15(10)18;1-8(10-6-12(21)16(23)13(22)7-10)19-14(25)5-3-9-2-4-11(20)17(24)15(9)18;1-9-13(21)6-10(7-14(9)22)8-19-15(24)5-3-11-2-4-12(20)17(23)16(11)18/h2-6,21-24H,7H2,1H3,(H,20,25);2-8,20-24H,1H3,(H,19,25);2-7,20-23H,8H2,1H3,(H,19,24)/b3-2+;2*5-3+. The molecule has 1 atom stereocenters. The van der Waals surface area contributed by atoms with E-state index in [1.54, 1.807) is 93.6 Å². The predicted molar refractivity (Wildman–Crippen MR) is 308 cm³/mol. The van der Waals surface area contributed by atoms with Gasteiger partial charge in [-0.3, -0.25) is 0 Å². The zero-order valence-corrected chi connectivity index (χ0v) is 46.8. The van der Waals surface area contributed by atoms with Crippen molar-refractivity contribution in [2.45, 2.75) is 39.9 Å². The number of aromatic hydroxyl groups is 13. The molecule has 0 bridgehead atoms. The van der Waals surface area contributed by atoms with Crippen molar-refractivity contribution in [3.63, 3.8) is 0 Å². The highest BCUT2D eigenvalue weighted by Gasteiger charge is 2.15. The van der Waals surface area contributed by atoms with Crippen LogP contribution in [0.4, 0.5) is 0 Å². The second-order valence-corrected chi connectivity index (χ2v) is 19.8. The third-order valence-corrected chi connectivity index (χ3v) is 14.6. The monoisotopic (exact) mass is 1280 g/mol. The van der Waals surface area contributed by atoms with Gasteiger partial charge in [0.15, 0.2) is 51.7 Å². The summed E-state index contributed by atoms with van der Waals surface area (Å²) in [6, 6.07) is 15.8. The molecule has 23 heteroatoms. The Morgan fingerprint density at radius 2 is 0.865 bits per heavy atom. The summed E-state index contributed by atoms with van der Waals surface area (Å²) in [5.41, 5.74) is 4.48. The van der Waals surface area contributed by atoms with Gasteiger partial charge in [-0.15, -0.1) is 0 Å². The molecule has 16 N–H and O–H groups in total. The van der Waals surface area contributed by atoms with Crippen LogP contribution in [0.1, 0.15) is 57.5 Å². The smallest absolute Gasteiger partial charge is 0.200 e. The van der Waals surface area contributed by atoms with Gasteiger partial charge in [0.1, 0.15) is 23.0 Å². The minimum absolute atomic E-state index is 0.0135. The molecule has 390 valence electrons. The van der Waals surface area contributed by atoms with Gasteiger partial charge in [0.25, 0.3) is 0 Å². The molecular weight excluding hydrogens is 1230 g/mol. The highest BCUT2D eigenvalue weighted by Crippen LogP contribution is 2.42. The van der Waals surface area contributed by atoms with Gasteiger partial charge in [0.05, 0.1) is 28.9 Å². The molecule has 0 fully saturated rings. The fourth-order valence-corrected chi connectivity index (χ4v) is 8.12. The number of phenolic OH excluding ortho intramolecular Hbond substituents is 13. The maximum atomic E-state index is 9.71. The van der Waals surface area contributed by atoms with Gasteiger partial charge < -0.3 is 82.3 Å². The van der Waals surface area contributed by atoms with Gasteiger partial charge in [-0.05, 0) is 187 Å². The summed E-state index contributed by atoms with van der Waals surface area (Å²) in [6.45, 7) is 5.66. The first-order chi connectivity index (χ1) is 34.7. The number of nitrogens with one attached hydrogen (secondary N) is 3. The highest BCUT2D eigenvalue weighted by molar-refractivity contribution is 9.13. The van der Waals surface area contributed by atoms with Gasteiger partial charge in [0.2, 0.25) is 0 Å². The summed E-state index contributed by atoms with van der Waals surface area (Å²) in [4.78, 5) is 1.20. The number of hydrogen-bond acceptors (Lipinski definition) is 16. The minimum atomic E-state index is -0.574. The fraction of sp³-hybridized carbons (Fsp3) is 0.118. The van der Waals surface area contributed by atoms with Crippen LogP contribution < -0.4 is 16.0 Å². The molecule has 0 radical (unpaired) electrons. The summed E-state index contributed by atoms with van der Waals surface area (Å²) in [7, 11) is 0. The number of hydrogen-bond donors (Lipinski definition) is 16. The fourth-order valence-electron chi connectivity index (χ4n) is 6.04. The van der Waals surface area contributed by atoms with E-state index in [-0.39, 0.29) is 68.6 Å². The Hall–Kier alpha value is -6.66. The zero-order chi connectivity index (χ0) is 55.3. The molecule has 16 nitrogen and oxygen atoms in total. The molecule has 74 heavy (non-hydrogen) atoms. The molecule has 0 aliphatic heterocycles. The van der Waals surface area contributed by atoms with Crippen LogP contribution in [0.2, 0.25) is 5.02 Å². The van der Waals surface area contributed by atoms with E-state index in [9.17, 15) is 66.4 Å². The molecule has 0 saturated heterocycles. The Kier molecular flexibility index (Phi) is 21.9. The van der Waals surface area contributed by atoms with Crippen LogP contribution in [0.25, 0.3) is 18.2 Å². The summed E-state index contributed by atoms with van der Waals surface area (Å²) in [5.74, 6) is -3.02. The van der Waals surface area contributed by atoms with Gasteiger partial charge in [-0.25, -0.2) is 0 Å². The van der Waals surface area contributed by atoms with Crippen molar-refractivity contribution in [3.05, 3.63) is 148 Å². The van der Waals surface area contributed by atoms with Crippen molar-refractivity contribution in [2.24, 2.45) is 0 Å². The second-order valence-electron chi connectivity index (χ2n) is 15.7. The first-order valence-electron chi connectivity index (χ1n) is 21.2. The Labute approximate surface area is 470 Å². The van der Waals surface area contributed by atoms with E-state index in [0.717, 1.165) is 0 Å².